The van der Waals surface area contributed by atoms with Crippen LogP contribution in [0.15, 0.2) is 36.7 Å². The molecule has 0 saturated heterocycles. The standard InChI is InChI=1S/C14H13ClN4O/c1-18-6-4-10(8-14(18)20)12-9-11(15)2-3-13(12)19-7-5-16-17-19/h2-3,5,7-9H,4,6H2,1H3. The maximum atomic E-state index is 11.8. The van der Waals surface area contributed by atoms with E-state index in [4.69, 9.17) is 11.6 Å². The van der Waals surface area contributed by atoms with Gasteiger partial charge in [-0.2, -0.15) is 0 Å². The maximum absolute atomic E-state index is 11.8. The molecule has 0 saturated carbocycles. The van der Waals surface area contributed by atoms with Crippen LogP contribution in [0.5, 0.6) is 0 Å². The zero-order valence-electron chi connectivity index (χ0n) is 11.0. The van der Waals surface area contributed by atoms with Gasteiger partial charge in [-0.15, -0.1) is 5.10 Å². The van der Waals surface area contributed by atoms with Crippen molar-refractivity contribution in [2.45, 2.75) is 6.42 Å². The third kappa shape index (κ3) is 2.32. The molecule has 1 aliphatic heterocycles. The predicted octanol–water partition coefficient (Wildman–Crippen LogP) is 2.17. The van der Waals surface area contributed by atoms with E-state index in [1.807, 2.05) is 12.1 Å². The van der Waals surface area contributed by atoms with Crippen molar-refractivity contribution >= 4 is 23.1 Å². The van der Waals surface area contributed by atoms with Gasteiger partial charge in [0.15, 0.2) is 0 Å². The summed E-state index contributed by atoms with van der Waals surface area (Å²) in [6.45, 7) is 0.702. The number of likely N-dealkylation sites (N-methyl/N-ethyl adjacent to an activating group) is 1. The Bertz CT molecular complexity index is 678. The molecule has 3 rings (SSSR count). The molecule has 2 heterocycles. The van der Waals surface area contributed by atoms with Crippen molar-refractivity contribution in [3.63, 3.8) is 0 Å². The number of benzene rings is 1. The number of halogens is 1. The van der Waals surface area contributed by atoms with E-state index >= 15 is 0 Å². The lowest BCUT2D eigenvalue weighted by molar-refractivity contribution is -0.125. The molecule has 1 aliphatic rings. The normalized spacial score (nSPS) is 15.4. The Morgan fingerprint density at radius 1 is 1.35 bits per heavy atom. The van der Waals surface area contributed by atoms with Crippen molar-refractivity contribution in [1.29, 1.82) is 0 Å². The molecule has 0 atom stereocenters. The molecule has 1 aromatic heterocycles. The highest BCUT2D eigenvalue weighted by Crippen LogP contribution is 2.29. The summed E-state index contributed by atoms with van der Waals surface area (Å²) in [5, 5.41) is 8.46. The fraction of sp³-hybridized carbons (Fsp3) is 0.214. The van der Waals surface area contributed by atoms with E-state index in [0.29, 0.717) is 11.6 Å². The fourth-order valence-corrected chi connectivity index (χ4v) is 2.42. The van der Waals surface area contributed by atoms with Crippen molar-refractivity contribution in [1.82, 2.24) is 19.9 Å². The first-order valence-electron chi connectivity index (χ1n) is 6.27. The van der Waals surface area contributed by atoms with Crippen LogP contribution < -0.4 is 0 Å². The Balaban J connectivity index is 2.11. The van der Waals surface area contributed by atoms with E-state index in [2.05, 4.69) is 10.3 Å². The van der Waals surface area contributed by atoms with Crippen molar-refractivity contribution in [2.75, 3.05) is 13.6 Å². The lowest BCUT2D eigenvalue weighted by atomic mass is 9.97. The summed E-state index contributed by atoms with van der Waals surface area (Å²) in [5.41, 5.74) is 2.76. The van der Waals surface area contributed by atoms with Crippen molar-refractivity contribution in [3.8, 4) is 5.69 Å². The minimum atomic E-state index is 0.00997. The van der Waals surface area contributed by atoms with E-state index in [0.717, 1.165) is 23.2 Å². The second-order valence-corrected chi connectivity index (χ2v) is 5.12. The summed E-state index contributed by atoms with van der Waals surface area (Å²) in [7, 11) is 1.80. The average Bonchev–Trinajstić information content (AvgIpc) is 2.96. The van der Waals surface area contributed by atoms with Crippen molar-refractivity contribution in [3.05, 3.63) is 47.3 Å². The number of aromatic nitrogens is 3. The first-order chi connectivity index (χ1) is 9.65. The first kappa shape index (κ1) is 12.9. The van der Waals surface area contributed by atoms with E-state index in [1.165, 1.54) is 0 Å². The molecule has 5 nitrogen and oxygen atoms in total. The molecule has 0 N–H and O–H groups in total. The van der Waals surface area contributed by atoms with Crippen molar-refractivity contribution in [2.24, 2.45) is 0 Å². The van der Waals surface area contributed by atoms with Gasteiger partial charge in [-0.3, -0.25) is 4.79 Å². The van der Waals surface area contributed by atoms with Crippen LogP contribution in [0.3, 0.4) is 0 Å². The summed E-state index contributed by atoms with van der Waals surface area (Å²) >= 11 is 6.09. The number of hydrogen-bond donors (Lipinski definition) is 0. The molecular weight excluding hydrogens is 276 g/mol. The van der Waals surface area contributed by atoms with E-state index < -0.39 is 0 Å². The number of nitrogens with zero attached hydrogens (tertiary/aromatic N) is 4. The Hall–Kier alpha value is -2.14. The third-order valence-corrected chi connectivity index (χ3v) is 3.60. The minimum Gasteiger partial charge on any atom is -0.342 e. The van der Waals surface area contributed by atoms with Crippen LogP contribution in [-0.4, -0.2) is 39.4 Å². The molecule has 0 fully saturated rings. The second kappa shape index (κ2) is 5.09. The van der Waals surface area contributed by atoms with Crippen LogP contribution >= 0.6 is 11.6 Å². The third-order valence-electron chi connectivity index (χ3n) is 3.36. The number of carbonyl (C=O) groups excluding carboxylic acids is 1. The van der Waals surface area contributed by atoms with Crippen LogP contribution in [-0.2, 0) is 4.79 Å². The van der Waals surface area contributed by atoms with E-state index in [9.17, 15) is 4.79 Å². The van der Waals surface area contributed by atoms with Gasteiger partial charge in [-0.25, -0.2) is 4.68 Å². The van der Waals surface area contributed by atoms with Gasteiger partial charge in [0.25, 0.3) is 0 Å². The second-order valence-electron chi connectivity index (χ2n) is 4.69. The molecule has 0 spiro atoms. The van der Waals surface area contributed by atoms with Crippen molar-refractivity contribution < 1.29 is 4.79 Å². The van der Waals surface area contributed by atoms with E-state index in [-0.39, 0.29) is 5.91 Å². The largest absolute Gasteiger partial charge is 0.342 e. The molecule has 102 valence electrons. The number of amides is 1. The molecule has 0 radical (unpaired) electrons. The Morgan fingerprint density at radius 3 is 2.90 bits per heavy atom. The van der Waals surface area contributed by atoms with Gasteiger partial charge in [0.05, 0.1) is 18.1 Å². The predicted molar refractivity (Wildman–Crippen MR) is 76.6 cm³/mol. The van der Waals surface area contributed by atoms with Gasteiger partial charge in [-0.05, 0) is 30.2 Å². The average molecular weight is 289 g/mol. The SMILES string of the molecule is CN1CCC(c2cc(Cl)ccc2-n2ccnn2)=CC1=O. The summed E-state index contributed by atoms with van der Waals surface area (Å²) in [6.07, 6.45) is 5.84. The molecular formula is C14H13ClN4O. The topological polar surface area (TPSA) is 51.0 Å². The quantitative estimate of drug-likeness (QED) is 0.851. The highest BCUT2D eigenvalue weighted by atomic mass is 35.5. The summed E-state index contributed by atoms with van der Waals surface area (Å²) in [6, 6.07) is 5.55. The van der Waals surface area contributed by atoms with Crippen LogP contribution in [0.2, 0.25) is 5.02 Å². The number of rotatable bonds is 2. The summed E-state index contributed by atoms with van der Waals surface area (Å²) in [5.74, 6) is 0.00997. The van der Waals surface area contributed by atoms with Crippen LogP contribution in [0.4, 0.5) is 0 Å². The fourth-order valence-electron chi connectivity index (χ4n) is 2.24. The molecule has 6 heteroatoms. The molecule has 2 aromatic rings. The first-order valence-corrected chi connectivity index (χ1v) is 6.65. The van der Waals surface area contributed by atoms with E-state index in [1.54, 1.807) is 41.2 Å². The van der Waals surface area contributed by atoms with Gasteiger partial charge in [-0.1, -0.05) is 16.8 Å². The van der Waals surface area contributed by atoms with Gasteiger partial charge in [0, 0.05) is 30.3 Å². The lowest BCUT2D eigenvalue weighted by Crippen LogP contribution is -2.29. The zero-order valence-corrected chi connectivity index (χ0v) is 11.7. The van der Waals surface area contributed by atoms with Gasteiger partial charge in [0.2, 0.25) is 5.91 Å². The van der Waals surface area contributed by atoms with Crippen LogP contribution in [0, 0.1) is 0 Å². The molecule has 0 aliphatic carbocycles. The van der Waals surface area contributed by atoms with Crippen LogP contribution in [0.25, 0.3) is 11.3 Å². The highest BCUT2D eigenvalue weighted by Gasteiger charge is 2.19. The van der Waals surface area contributed by atoms with Gasteiger partial charge in [0.1, 0.15) is 0 Å². The number of hydrogen-bond acceptors (Lipinski definition) is 3. The molecule has 1 aromatic carbocycles. The minimum absolute atomic E-state index is 0.00997. The molecule has 1 amide bonds. The highest BCUT2D eigenvalue weighted by molar-refractivity contribution is 6.30. The maximum Gasteiger partial charge on any atom is 0.246 e. The van der Waals surface area contributed by atoms with Crippen LogP contribution in [0.1, 0.15) is 12.0 Å². The summed E-state index contributed by atoms with van der Waals surface area (Å²) < 4.78 is 1.68. The molecule has 20 heavy (non-hydrogen) atoms. The molecule has 0 bridgehead atoms. The van der Waals surface area contributed by atoms with Gasteiger partial charge >= 0.3 is 0 Å². The Labute approximate surface area is 121 Å². The molecule has 0 unspecified atom stereocenters. The monoisotopic (exact) mass is 288 g/mol. The smallest absolute Gasteiger partial charge is 0.246 e. The Kier molecular flexibility index (Phi) is 3.28. The Morgan fingerprint density at radius 2 is 2.20 bits per heavy atom. The zero-order chi connectivity index (χ0) is 14.1. The number of carbonyl (C=O) groups is 1. The lowest BCUT2D eigenvalue weighted by Gasteiger charge is -2.23. The summed E-state index contributed by atoms with van der Waals surface area (Å²) in [4.78, 5) is 13.5. The van der Waals surface area contributed by atoms with Gasteiger partial charge < -0.3 is 4.90 Å².